The van der Waals surface area contributed by atoms with E-state index in [1.165, 1.54) is 18.2 Å². The van der Waals surface area contributed by atoms with E-state index in [1.807, 2.05) is 6.92 Å². The molecule has 9 heteroatoms. The van der Waals surface area contributed by atoms with Gasteiger partial charge in [-0.15, -0.1) is 0 Å². The first-order valence-corrected chi connectivity index (χ1v) is 14.7. The van der Waals surface area contributed by atoms with Crippen molar-refractivity contribution in [2.45, 2.75) is 96.8 Å². The summed E-state index contributed by atoms with van der Waals surface area (Å²) in [4.78, 5) is 24.4. The molecule has 1 aliphatic rings. The van der Waals surface area contributed by atoms with E-state index >= 15 is 0 Å². The Hall–Kier alpha value is -3.23. The Morgan fingerprint density at radius 1 is 0.829 bits per heavy atom. The lowest BCUT2D eigenvalue weighted by molar-refractivity contribution is -0.157. The van der Waals surface area contributed by atoms with E-state index in [-0.39, 0.29) is 36.5 Å². The van der Waals surface area contributed by atoms with Gasteiger partial charge in [0.2, 0.25) is 5.82 Å². The Morgan fingerprint density at radius 2 is 1.51 bits per heavy atom. The molecule has 1 saturated carbocycles. The highest BCUT2D eigenvalue weighted by atomic mass is 19.2. The van der Waals surface area contributed by atoms with Crippen LogP contribution in [0.4, 0.5) is 13.2 Å². The lowest BCUT2D eigenvalue weighted by Gasteiger charge is -2.28. The van der Waals surface area contributed by atoms with Crippen molar-refractivity contribution in [2.24, 2.45) is 5.92 Å². The minimum absolute atomic E-state index is 0.158. The van der Waals surface area contributed by atoms with Crippen LogP contribution in [0.15, 0.2) is 36.4 Å². The molecule has 0 bridgehead atoms. The van der Waals surface area contributed by atoms with Crippen molar-refractivity contribution in [2.75, 3.05) is 13.2 Å². The number of halogens is 3. The molecule has 0 amide bonds. The highest BCUT2D eigenvalue weighted by molar-refractivity contribution is 5.91. The van der Waals surface area contributed by atoms with Crippen LogP contribution >= 0.6 is 0 Å². The predicted molar refractivity (Wildman–Crippen MR) is 149 cm³/mol. The molecule has 1 atom stereocenters. The minimum Gasteiger partial charge on any atom is -0.493 e. The largest absolute Gasteiger partial charge is 0.493 e. The molecule has 1 aliphatic carbocycles. The van der Waals surface area contributed by atoms with Crippen LogP contribution in [0.2, 0.25) is 0 Å². The fourth-order valence-electron chi connectivity index (χ4n) is 4.65. The summed E-state index contributed by atoms with van der Waals surface area (Å²) < 4.78 is 64.6. The molecular formula is C32H41F3O6. The van der Waals surface area contributed by atoms with Crippen LogP contribution in [0.3, 0.4) is 0 Å². The quantitative estimate of drug-likeness (QED) is 0.114. The second kappa shape index (κ2) is 16.9. The normalized spacial score (nSPS) is 17.5. The van der Waals surface area contributed by atoms with Crippen molar-refractivity contribution in [3.63, 3.8) is 0 Å². The Morgan fingerprint density at radius 3 is 2.20 bits per heavy atom. The first-order valence-electron chi connectivity index (χ1n) is 14.7. The number of ether oxygens (including phenoxy) is 4. The highest BCUT2D eigenvalue weighted by Crippen LogP contribution is 2.29. The molecular weight excluding hydrogens is 537 g/mol. The number of rotatable bonds is 16. The molecule has 226 valence electrons. The van der Waals surface area contributed by atoms with E-state index in [0.717, 1.165) is 51.0 Å². The molecule has 0 heterocycles. The number of hydrogen-bond donors (Lipinski definition) is 0. The van der Waals surface area contributed by atoms with Gasteiger partial charge in [0.05, 0.1) is 18.8 Å². The van der Waals surface area contributed by atoms with Crippen molar-refractivity contribution in [3.05, 3.63) is 53.6 Å². The van der Waals surface area contributed by atoms with E-state index in [4.69, 9.17) is 18.9 Å². The van der Waals surface area contributed by atoms with Crippen LogP contribution in [-0.2, 0) is 9.53 Å². The van der Waals surface area contributed by atoms with Crippen LogP contribution in [0.1, 0.15) is 94.8 Å². The molecule has 0 aromatic heterocycles. The molecule has 41 heavy (non-hydrogen) atoms. The topological polar surface area (TPSA) is 71.1 Å². The average Bonchev–Trinajstić information content (AvgIpc) is 2.98. The van der Waals surface area contributed by atoms with E-state index in [1.54, 1.807) is 12.1 Å². The summed E-state index contributed by atoms with van der Waals surface area (Å²) in [5, 5.41) is 0. The SMILES string of the molecule is CCCCCCOc1ccc(C(=O)Oc2ccc(OC[C@H]3CC[C@H](OC(=O)[C@@H](F)CCCC)CC3)cc2)c(F)c1F. The molecule has 3 rings (SSSR count). The van der Waals surface area contributed by atoms with Crippen molar-refractivity contribution >= 4 is 11.9 Å². The van der Waals surface area contributed by atoms with Gasteiger partial charge in [0.1, 0.15) is 17.6 Å². The summed E-state index contributed by atoms with van der Waals surface area (Å²) in [7, 11) is 0. The number of esters is 2. The molecule has 0 N–H and O–H groups in total. The number of unbranched alkanes of at least 4 members (excludes halogenated alkanes) is 4. The molecule has 2 aromatic rings. The molecule has 0 aliphatic heterocycles. The average molecular weight is 579 g/mol. The van der Waals surface area contributed by atoms with Gasteiger partial charge in [0.15, 0.2) is 17.7 Å². The second-order valence-electron chi connectivity index (χ2n) is 10.5. The summed E-state index contributed by atoms with van der Waals surface area (Å²) in [6.45, 7) is 4.75. The monoisotopic (exact) mass is 578 g/mol. The number of carbonyl (C=O) groups is 2. The minimum atomic E-state index is -1.55. The molecule has 2 aromatic carbocycles. The molecule has 0 unspecified atom stereocenters. The fraction of sp³-hybridized carbons (Fsp3) is 0.562. The number of benzene rings is 2. The zero-order chi connectivity index (χ0) is 29.6. The van der Waals surface area contributed by atoms with Crippen molar-refractivity contribution in [3.8, 4) is 17.2 Å². The number of carbonyl (C=O) groups excluding carboxylic acids is 2. The van der Waals surface area contributed by atoms with Gasteiger partial charge in [-0.25, -0.2) is 18.4 Å². The first kappa shape index (κ1) is 32.3. The van der Waals surface area contributed by atoms with Crippen LogP contribution < -0.4 is 14.2 Å². The summed E-state index contributed by atoms with van der Waals surface area (Å²) >= 11 is 0. The summed E-state index contributed by atoms with van der Waals surface area (Å²) in [5.41, 5.74) is -0.523. The number of hydrogen-bond acceptors (Lipinski definition) is 6. The van der Waals surface area contributed by atoms with Gasteiger partial charge in [0.25, 0.3) is 0 Å². The van der Waals surface area contributed by atoms with Crippen LogP contribution in [0.5, 0.6) is 17.2 Å². The molecule has 0 radical (unpaired) electrons. The Kier molecular flexibility index (Phi) is 13.3. The van der Waals surface area contributed by atoms with Crippen LogP contribution in [0, 0.1) is 17.6 Å². The maximum absolute atomic E-state index is 14.5. The third-order valence-corrected chi connectivity index (χ3v) is 7.19. The smallest absolute Gasteiger partial charge is 0.346 e. The van der Waals surface area contributed by atoms with Gasteiger partial charge in [-0.2, -0.15) is 4.39 Å². The lowest BCUT2D eigenvalue weighted by atomic mass is 9.88. The summed E-state index contributed by atoms with van der Waals surface area (Å²) in [5.74, 6) is -3.56. The number of alkyl halides is 1. The maximum atomic E-state index is 14.5. The summed E-state index contributed by atoms with van der Waals surface area (Å²) in [6.07, 6.45) is 6.58. The fourth-order valence-corrected chi connectivity index (χ4v) is 4.65. The van der Waals surface area contributed by atoms with Gasteiger partial charge in [0, 0.05) is 0 Å². The molecule has 1 fully saturated rings. The Balaban J connectivity index is 1.41. The standard InChI is InChI=1S/C32H41F3O6/c1-3-5-7-8-20-38-28-19-18-26(29(34)30(28)35)31(36)40-25-16-14-23(15-17-25)39-21-22-10-12-24(13-11-22)41-32(37)27(33)9-6-4-2/h14-19,22,24,27H,3-13,20-21H2,1-2H3/t22-,24-,27-/m0/s1. The zero-order valence-electron chi connectivity index (χ0n) is 24.0. The summed E-state index contributed by atoms with van der Waals surface area (Å²) in [6, 6.07) is 8.65. The van der Waals surface area contributed by atoms with Gasteiger partial charge >= 0.3 is 11.9 Å². The molecule has 0 saturated heterocycles. The maximum Gasteiger partial charge on any atom is 0.346 e. The zero-order valence-corrected chi connectivity index (χ0v) is 24.0. The Bertz CT molecular complexity index is 1100. The van der Waals surface area contributed by atoms with E-state index in [9.17, 15) is 22.8 Å². The van der Waals surface area contributed by atoms with Crippen LogP contribution in [-0.4, -0.2) is 37.4 Å². The van der Waals surface area contributed by atoms with Gasteiger partial charge in [-0.05, 0) is 80.8 Å². The molecule has 6 nitrogen and oxygen atoms in total. The van der Waals surface area contributed by atoms with Gasteiger partial charge in [-0.1, -0.05) is 46.0 Å². The second-order valence-corrected chi connectivity index (χ2v) is 10.5. The van der Waals surface area contributed by atoms with E-state index in [0.29, 0.717) is 31.6 Å². The first-order chi connectivity index (χ1) is 19.8. The lowest BCUT2D eigenvalue weighted by Crippen LogP contribution is -2.30. The molecule has 0 spiro atoms. The van der Waals surface area contributed by atoms with Gasteiger partial charge < -0.3 is 18.9 Å². The third kappa shape index (κ3) is 10.3. The van der Waals surface area contributed by atoms with Crippen molar-refractivity contribution in [1.82, 2.24) is 0 Å². The van der Waals surface area contributed by atoms with Gasteiger partial charge in [-0.3, -0.25) is 0 Å². The van der Waals surface area contributed by atoms with E-state index < -0.39 is 35.3 Å². The van der Waals surface area contributed by atoms with Crippen molar-refractivity contribution < 1.29 is 41.7 Å². The Labute approximate surface area is 240 Å². The van der Waals surface area contributed by atoms with E-state index in [2.05, 4.69) is 6.92 Å². The van der Waals surface area contributed by atoms with Crippen LogP contribution in [0.25, 0.3) is 0 Å². The van der Waals surface area contributed by atoms with Crippen molar-refractivity contribution in [1.29, 1.82) is 0 Å². The third-order valence-electron chi connectivity index (χ3n) is 7.19. The highest BCUT2D eigenvalue weighted by Gasteiger charge is 2.27. The predicted octanol–water partition coefficient (Wildman–Crippen LogP) is 8.15.